The maximum Gasteiger partial charge on any atom is 0.130 e. The Morgan fingerprint density at radius 1 is 1.53 bits per heavy atom. The van der Waals surface area contributed by atoms with Crippen molar-refractivity contribution in [2.45, 2.75) is 0 Å². The van der Waals surface area contributed by atoms with E-state index < -0.39 is 6.67 Å². The van der Waals surface area contributed by atoms with E-state index in [9.17, 15) is 4.39 Å². The summed E-state index contributed by atoms with van der Waals surface area (Å²) in [4.78, 5) is 7.31. The van der Waals surface area contributed by atoms with E-state index in [0.29, 0.717) is 11.6 Å². The fourth-order valence-corrected chi connectivity index (χ4v) is 1.35. The molecule has 0 fully saturated rings. The molecule has 2 rings (SSSR count). The number of ether oxygens (including phenoxy) is 1. The van der Waals surface area contributed by atoms with Crippen LogP contribution in [0, 0.1) is 0 Å². The van der Waals surface area contributed by atoms with E-state index in [2.05, 4.69) is 16.5 Å². The fraction of sp³-hybridized carbons (Fsp3) is 0.182. The molecule has 1 aromatic carbocycles. The molecule has 0 amide bonds. The van der Waals surface area contributed by atoms with Crippen molar-refractivity contribution < 1.29 is 9.13 Å². The summed E-state index contributed by atoms with van der Waals surface area (Å²) in [6.45, 7) is 3.21. The number of hydrogen-bond acceptors (Lipinski definition) is 2. The summed E-state index contributed by atoms with van der Waals surface area (Å²) in [5.74, 6) is 1.35. The number of aromatic amines is 1. The molecule has 1 N–H and O–H groups in total. The number of benzene rings is 1. The molecule has 0 spiro atoms. The van der Waals surface area contributed by atoms with Gasteiger partial charge in [0.15, 0.2) is 0 Å². The SMILES string of the molecule is C=Cc1nc2ccc(OCCF)cc2[nH]1. The van der Waals surface area contributed by atoms with Gasteiger partial charge in [0.05, 0.1) is 11.0 Å². The van der Waals surface area contributed by atoms with E-state index in [1.165, 1.54) is 0 Å². The highest BCUT2D eigenvalue weighted by Crippen LogP contribution is 2.19. The Morgan fingerprint density at radius 2 is 2.40 bits per heavy atom. The van der Waals surface area contributed by atoms with Crippen LogP contribution in [0.5, 0.6) is 5.75 Å². The second-order valence-electron chi connectivity index (χ2n) is 3.04. The van der Waals surface area contributed by atoms with Crippen LogP contribution in [0.2, 0.25) is 0 Å². The van der Waals surface area contributed by atoms with Crippen LogP contribution in [0.25, 0.3) is 17.1 Å². The molecule has 1 aromatic heterocycles. The lowest BCUT2D eigenvalue weighted by atomic mass is 10.3. The largest absolute Gasteiger partial charge is 0.491 e. The number of hydrogen-bond donors (Lipinski definition) is 1. The van der Waals surface area contributed by atoms with Crippen LogP contribution < -0.4 is 4.74 Å². The van der Waals surface area contributed by atoms with Crippen LogP contribution >= 0.6 is 0 Å². The van der Waals surface area contributed by atoms with Gasteiger partial charge in [0.25, 0.3) is 0 Å². The van der Waals surface area contributed by atoms with E-state index in [1.54, 1.807) is 18.2 Å². The van der Waals surface area contributed by atoms with Crippen molar-refractivity contribution in [2.75, 3.05) is 13.3 Å². The maximum absolute atomic E-state index is 11.9. The van der Waals surface area contributed by atoms with Gasteiger partial charge in [0, 0.05) is 6.07 Å². The molecule has 0 aliphatic rings. The van der Waals surface area contributed by atoms with Crippen molar-refractivity contribution in [3.63, 3.8) is 0 Å². The first-order valence-corrected chi connectivity index (χ1v) is 4.64. The van der Waals surface area contributed by atoms with Gasteiger partial charge in [0.2, 0.25) is 0 Å². The average molecular weight is 206 g/mol. The Balaban J connectivity index is 2.33. The molecule has 0 saturated carbocycles. The van der Waals surface area contributed by atoms with Gasteiger partial charge < -0.3 is 9.72 Å². The molecule has 0 bridgehead atoms. The van der Waals surface area contributed by atoms with Crippen LogP contribution in [0.3, 0.4) is 0 Å². The number of halogens is 1. The molecule has 1 heterocycles. The van der Waals surface area contributed by atoms with Gasteiger partial charge in [0.1, 0.15) is 24.9 Å². The molecule has 78 valence electrons. The van der Waals surface area contributed by atoms with Gasteiger partial charge >= 0.3 is 0 Å². The van der Waals surface area contributed by atoms with E-state index in [1.807, 2.05) is 6.07 Å². The third-order valence-corrected chi connectivity index (χ3v) is 2.01. The van der Waals surface area contributed by atoms with Crippen molar-refractivity contribution >= 4 is 17.1 Å². The fourth-order valence-electron chi connectivity index (χ4n) is 1.35. The topological polar surface area (TPSA) is 37.9 Å². The van der Waals surface area contributed by atoms with Gasteiger partial charge in [-0.25, -0.2) is 9.37 Å². The first kappa shape index (κ1) is 9.71. The molecule has 0 saturated heterocycles. The highest BCUT2D eigenvalue weighted by atomic mass is 19.1. The first-order valence-electron chi connectivity index (χ1n) is 4.64. The summed E-state index contributed by atoms with van der Waals surface area (Å²) in [6.07, 6.45) is 1.64. The molecule has 15 heavy (non-hydrogen) atoms. The molecule has 0 aliphatic carbocycles. The lowest BCUT2D eigenvalue weighted by Crippen LogP contribution is -1.98. The zero-order chi connectivity index (χ0) is 10.7. The highest BCUT2D eigenvalue weighted by Gasteiger charge is 2.01. The number of alkyl halides is 1. The van der Waals surface area contributed by atoms with Crippen LogP contribution in [0.1, 0.15) is 5.82 Å². The van der Waals surface area contributed by atoms with Gasteiger partial charge in [-0.05, 0) is 18.2 Å². The van der Waals surface area contributed by atoms with Gasteiger partial charge in [-0.15, -0.1) is 0 Å². The summed E-state index contributed by atoms with van der Waals surface area (Å²) < 4.78 is 17.1. The molecule has 0 aliphatic heterocycles. The van der Waals surface area contributed by atoms with Crippen molar-refractivity contribution in [3.05, 3.63) is 30.6 Å². The quantitative estimate of drug-likeness (QED) is 0.834. The monoisotopic (exact) mass is 206 g/mol. The molecule has 0 radical (unpaired) electrons. The molecular weight excluding hydrogens is 195 g/mol. The number of imidazole rings is 1. The summed E-state index contributed by atoms with van der Waals surface area (Å²) >= 11 is 0. The van der Waals surface area contributed by atoms with Crippen LogP contribution in [-0.2, 0) is 0 Å². The molecular formula is C11H11FN2O. The lowest BCUT2D eigenvalue weighted by molar-refractivity contribution is 0.273. The van der Waals surface area contributed by atoms with Crippen LogP contribution in [0.15, 0.2) is 24.8 Å². The Kier molecular flexibility index (Phi) is 2.67. The van der Waals surface area contributed by atoms with Crippen LogP contribution in [0.4, 0.5) is 4.39 Å². The van der Waals surface area contributed by atoms with E-state index in [0.717, 1.165) is 11.0 Å². The third kappa shape index (κ3) is 1.98. The molecule has 0 atom stereocenters. The Morgan fingerprint density at radius 3 is 3.13 bits per heavy atom. The number of H-pyrrole nitrogens is 1. The van der Waals surface area contributed by atoms with Crippen molar-refractivity contribution in [2.24, 2.45) is 0 Å². The highest BCUT2D eigenvalue weighted by molar-refractivity contribution is 5.78. The van der Waals surface area contributed by atoms with Crippen molar-refractivity contribution in [1.82, 2.24) is 9.97 Å². The van der Waals surface area contributed by atoms with E-state index in [4.69, 9.17) is 4.74 Å². The standard InChI is InChI=1S/C11H11FN2O/c1-2-11-13-9-4-3-8(15-6-5-12)7-10(9)14-11/h2-4,7H,1,5-6H2,(H,13,14). The average Bonchev–Trinajstić information content (AvgIpc) is 2.68. The minimum Gasteiger partial charge on any atom is -0.491 e. The normalized spacial score (nSPS) is 10.5. The zero-order valence-electron chi connectivity index (χ0n) is 8.16. The Bertz CT molecular complexity index is 478. The molecule has 0 unspecified atom stereocenters. The number of nitrogens with one attached hydrogen (secondary N) is 1. The van der Waals surface area contributed by atoms with Crippen molar-refractivity contribution in [1.29, 1.82) is 0 Å². The van der Waals surface area contributed by atoms with E-state index in [-0.39, 0.29) is 6.61 Å². The maximum atomic E-state index is 11.9. The second-order valence-corrected chi connectivity index (χ2v) is 3.04. The number of aromatic nitrogens is 2. The van der Waals surface area contributed by atoms with Gasteiger partial charge in [-0.1, -0.05) is 6.58 Å². The molecule has 2 aromatic rings. The minimum atomic E-state index is -0.487. The number of rotatable bonds is 4. The summed E-state index contributed by atoms with van der Waals surface area (Å²) in [5, 5.41) is 0. The second kappa shape index (κ2) is 4.13. The van der Waals surface area contributed by atoms with Crippen molar-refractivity contribution in [3.8, 4) is 5.75 Å². The summed E-state index contributed by atoms with van der Waals surface area (Å²) in [7, 11) is 0. The summed E-state index contributed by atoms with van der Waals surface area (Å²) in [6, 6.07) is 5.39. The Labute approximate surface area is 86.6 Å². The lowest BCUT2D eigenvalue weighted by Gasteiger charge is -2.01. The first-order chi connectivity index (χ1) is 7.33. The van der Waals surface area contributed by atoms with Gasteiger partial charge in [-0.3, -0.25) is 0 Å². The van der Waals surface area contributed by atoms with E-state index >= 15 is 0 Å². The minimum absolute atomic E-state index is 0.0773. The predicted octanol–water partition coefficient (Wildman–Crippen LogP) is 2.55. The Hall–Kier alpha value is -1.84. The predicted molar refractivity (Wildman–Crippen MR) is 57.7 cm³/mol. The third-order valence-electron chi connectivity index (χ3n) is 2.01. The molecule has 3 nitrogen and oxygen atoms in total. The number of fused-ring (bicyclic) bond motifs is 1. The van der Waals surface area contributed by atoms with Crippen LogP contribution in [-0.4, -0.2) is 23.2 Å². The molecule has 4 heteroatoms. The number of nitrogens with zero attached hydrogens (tertiary/aromatic N) is 1. The summed E-state index contributed by atoms with van der Waals surface area (Å²) in [5.41, 5.74) is 1.71. The smallest absolute Gasteiger partial charge is 0.130 e. The van der Waals surface area contributed by atoms with Gasteiger partial charge in [-0.2, -0.15) is 0 Å². The zero-order valence-corrected chi connectivity index (χ0v) is 8.16.